The summed E-state index contributed by atoms with van der Waals surface area (Å²) < 4.78 is 1.83. The van der Waals surface area contributed by atoms with Crippen molar-refractivity contribution in [2.24, 2.45) is 7.05 Å². The lowest BCUT2D eigenvalue weighted by molar-refractivity contribution is -0.131. The van der Waals surface area contributed by atoms with Crippen LogP contribution < -0.4 is 4.90 Å². The second-order valence-electron chi connectivity index (χ2n) is 8.87. The number of hydrogen-bond donors (Lipinski definition) is 1. The summed E-state index contributed by atoms with van der Waals surface area (Å²) in [6.07, 6.45) is 4.40. The maximum Gasteiger partial charge on any atom is 0.328 e. The van der Waals surface area contributed by atoms with Gasteiger partial charge in [0.2, 0.25) is 0 Å². The van der Waals surface area contributed by atoms with Crippen molar-refractivity contribution in [3.05, 3.63) is 125 Å². The highest BCUT2D eigenvalue weighted by Crippen LogP contribution is 2.30. The lowest BCUT2D eigenvalue weighted by atomic mass is 10.0. The average molecular weight is 522 g/mol. The maximum absolute atomic E-state index is 13.6. The van der Waals surface area contributed by atoms with Crippen LogP contribution >= 0.6 is 11.6 Å². The van der Waals surface area contributed by atoms with Gasteiger partial charge in [0.1, 0.15) is 0 Å². The molecule has 0 unspecified atom stereocenters. The van der Waals surface area contributed by atoms with E-state index in [-0.39, 0.29) is 12.5 Å². The Bertz CT molecular complexity index is 1670. The number of anilines is 1. The summed E-state index contributed by atoms with van der Waals surface area (Å²) in [4.78, 5) is 26.3. The lowest BCUT2D eigenvalue weighted by Gasteiger charge is -2.24. The van der Waals surface area contributed by atoms with Gasteiger partial charge in [-0.05, 0) is 70.8 Å². The highest BCUT2D eigenvalue weighted by Gasteiger charge is 2.20. The third-order valence-corrected chi connectivity index (χ3v) is 6.68. The molecule has 0 atom stereocenters. The quantitative estimate of drug-likeness (QED) is 0.238. The van der Waals surface area contributed by atoms with Crippen molar-refractivity contribution < 1.29 is 14.7 Å². The number of fused-ring (bicyclic) bond motifs is 1. The minimum atomic E-state index is -1.04. The van der Waals surface area contributed by atoms with E-state index in [9.17, 15) is 9.59 Å². The highest BCUT2D eigenvalue weighted by atomic mass is 35.5. The predicted molar refractivity (Wildman–Crippen MR) is 151 cm³/mol. The fourth-order valence-electron chi connectivity index (χ4n) is 4.35. The van der Waals surface area contributed by atoms with Crippen molar-refractivity contribution in [1.82, 2.24) is 9.78 Å². The molecule has 0 spiro atoms. The van der Waals surface area contributed by atoms with Crippen molar-refractivity contribution in [3.63, 3.8) is 0 Å². The van der Waals surface area contributed by atoms with Crippen LogP contribution in [0.2, 0.25) is 5.02 Å². The fourth-order valence-corrected chi connectivity index (χ4v) is 4.59. The Morgan fingerprint density at radius 3 is 2.47 bits per heavy atom. The van der Waals surface area contributed by atoms with Crippen molar-refractivity contribution in [2.75, 3.05) is 4.90 Å². The van der Waals surface area contributed by atoms with E-state index >= 15 is 0 Å². The first kappa shape index (κ1) is 25.0. The van der Waals surface area contributed by atoms with Crippen LogP contribution in [0.1, 0.15) is 21.5 Å². The number of hydrogen-bond acceptors (Lipinski definition) is 3. The normalized spacial score (nSPS) is 11.2. The molecule has 7 heteroatoms. The largest absolute Gasteiger partial charge is 0.478 e. The van der Waals surface area contributed by atoms with Crippen LogP contribution in [-0.2, 0) is 18.4 Å². The Hall–Kier alpha value is -4.68. The smallest absolute Gasteiger partial charge is 0.328 e. The number of rotatable bonds is 7. The summed E-state index contributed by atoms with van der Waals surface area (Å²) in [5.41, 5.74) is 5.66. The fraction of sp³-hybridized carbons (Fsp3) is 0.0645. The van der Waals surface area contributed by atoms with Gasteiger partial charge in [0, 0.05) is 34.8 Å². The standard InChI is InChI=1S/C31H24ClN3O3/c1-34-29-14-13-23(17-26(29)19-33-34)24-11-12-25(28(32)18-24)20-35(31(38)22-7-3-2-4-8-22)27-9-5-6-21(16-27)10-15-30(36)37/h2-19H,20H2,1H3,(H,36,37). The summed E-state index contributed by atoms with van der Waals surface area (Å²) in [7, 11) is 1.91. The highest BCUT2D eigenvalue weighted by molar-refractivity contribution is 6.31. The second kappa shape index (κ2) is 10.7. The van der Waals surface area contributed by atoms with Gasteiger partial charge in [-0.15, -0.1) is 0 Å². The minimum Gasteiger partial charge on any atom is -0.478 e. The molecule has 188 valence electrons. The Labute approximate surface area is 225 Å². The molecule has 5 aromatic rings. The lowest BCUT2D eigenvalue weighted by Crippen LogP contribution is -2.30. The van der Waals surface area contributed by atoms with E-state index < -0.39 is 5.97 Å². The zero-order valence-corrected chi connectivity index (χ0v) is 21.3. The Morgan fingerprint density at radius 2 is 1.71 bits per heavy atom. The number of aliphatic carboxylic acids is 1. The van der Waals surface area contributed by atoms with Crippen molar-refractivity contribution in [3.8, 4) is 11.1 Å². The van der Waals surface area contributed by atoms with Gasteiger partial charge in [-0.3, -0.25) is 9.48 Å². The molecule has 5 rings (SSSR count). The van der Waals surface area contributed by atoms with E-state index in [0.717, 1.165) is 33.7 Å². The van der Waals surface area contributed by atoms with Crippen LogP contribution in [0, 0.1) is 0 Å². The van der Waals surface area contributed by atoms with Crippen molar-refractivity contribution in [2.45, 2.75) is 6.54 Å². The molecule has 0 radical (unpaired) electrons. The number of carbonyl (C=O) groups excluding carboxylic acids is 1. The molecule has 1 amide bonds. The molecule has 38 heavy (non-hydrogen) atoms. The van der Waals surface area contributed by atoms with E-state index in [2.05, 4.69) is 11.2 Å². The Morgan fingerprint density at radius 1 is 0.947 bits per heavy atom. The third-order valence-electron chi connectivity index (χ3n) is 6.33. The van der Waals surface area contributed by atoms with Crippen LogP contribution in [0.5, 0.6) is 0 Å². The van der Waals surface area contributed by atoms with Gasteiger partial charge in [-0.1, -0.05) is 60.1 Å². The molecule has 0 bridgehead atoms. The molecule has 1 aromatic heterocycles. The SMILES string of the molecule is Cn1ncc2cc(-c3ccc(CN(C(=O)c4ccccc4)c4cccc(C=CC(=O)O)c4)c(Cl)c3)ccc21. The van der Waals surface area contributed by atoms with Gasteiger partial charge in [-0.2, -0.15) is 5.10 Å². The molecule has 0 aliphatic rings. The molecule has 1 heterocycles. The Balaban J connectivity index is 1.49. The van der Waals surface area contributed by atoms with Crippen LogP contribution in [0.15, 0.2) is 103 Å². The Kier molecular flexibility index (Phi) is 7.07. The second-order valence-corrected chi connectivity index (χ2v) is 9.28. The monoisotopic (exact) mass is 521 g/mol. The molecule has 4 aromatic carbocycles. The van der Waals surface area contributed by atoms with Crippen molar-refractivity contribution in [1.29, 1.82) is 0 Å². The number of halogens is 1. The number of aryl methyl sites for hydroxylation is 1. The number of carboxylic acid groups (broad SMARTS) is 1. The molecule has 0 saturated heterocycles. The first-order chi connectivity index (χ1) is 18.4. The van der Waals surface area contributed by atoms with E-state index in [4.69, 9.17) is 16.7 Å². The number of nitrogens with zero attached hydrogens (tertiary/aromatic N) is 3. The molecule has 0 aliphatic carbocycles. The van der Waals surface area contributed by atoms with E-state index in [1.54, 1.807) is 35.2 Å². The summed E-state index contributed by atoms with van der Waals surface area (Å²) in [6, 6.07) is 28.2. The topological polar surface area (TPSA) is 75.4 Å². The van der Waals surface area contributed by atoms with E-state index in [1.165, 1.54) is 6.08 Å². The van der Waals surface area contributed by atoms with E-state index in [0.29, 0.717) is 21.8 Å². The van der Waals surface area contributed by atoms with Gasteiger partial charge in [0.25, 0.3) is 5.91 Å². The molecule has 1 N–H and O–H groups in total. The molecule has 6 nitrogen and oxygen atoms in total. The first-order valence-corrected chi connectivity index (χ1v) is 12.4. The van der Waals surface area contributed by atoms with Crippen molar-refractivity contribution >= 4 is 46.1 Å². The van der Waals surface area contributed by atoms with Crippen LogP contribution in [0.4, 0.5) is 5.69 Å². The van der Waals surface area contributed by atoms with Crippen LogP contribution in [0.3, 0.4) is 0 Å². The van der Waals surface area contributed by atoms with Crippen LogP contribution in [0.25, 0.3) is 28.1 Å². The minimum absolute atomic E-state index is 0.188. The van der Waals surface area contributed by atoms with Gasteiger partial charge in [-0.25, -0.2) is 4.79 Å². The summed E-state index contributed by atoms with van der Waals surface area (Å²) in [5.74, 6) is -1.23. The summed E-state index contributed by atoms with van der Waals surface area (Å²) >= 11 is 6.77. The zero-order chi connectivity index (χ0) is 26.6. The van der Waals surface area contributed by atoms with Gasteiger partial charge >= 0.3 is 5.97 Å². The number of amides is 1. The van der Waals surface area contributed by atoms with Gasteiger partial charge in [0.05, 0.1) is 18.3 Å². The van der Waals surface area contributed by atoms with Crippen LogP contribution in [-0.4, -0.2) is 26.8 Å². The molecule has 0 aliphatic heterocycles. The predicted octanol–water partition coefficient (Wildman–Crippen LogP) is 6.84. The maximum atomic E-state index is 13.6. The number of carboxylic acids is 1. The molecule has 0 fully saturated rings. The first-order valence-electron chi connectivity index (χ1n) is 12.0. The van der Waals surface area contributed by atoms with Gasteiger partial charge in [0.15, 0.2) is 0 Å². The van der Waals surface area contributed by atoms with E-state index in [1.807, 2.05) is 72.5 Å². The zero-order valence-electron chi connectivity index (χ0n) is 20.6. The number of aromatic nitrogens is 2. The molecular weight excluding hydrogens is 498 g/mol. The molecular formula is C31H24ClN3O3. The number of carbonyl (C=O) groups is 2. The summed E-state index contributed by atoms with van der Waals surface area (Å²) in [6.45, 7) is 0.237. The third kappa shape index (κ3) is 5.36. The summed E-state index contributed by atoms with van der Waals surface area (Å²) in [5, 5.41) is 14.9. The molecule has 0 saturated carbocycles. The van der Waals surface area contributed by atoms with Gasteiger partial charge < -0.3 is 10.0 Å². The number of benzene rings is 4. The average Bonchev–Trinajstić information content (AvgIpc) is 3.31.